The van der Waals surface area contributed by atoms with Crippen LogP contribution >= 0.6 is 12.6 Å². The van der Waals surface area contributed by atoms with E-state index in [1.807, 2.05) is 12.1 Å². The predicted octanol–water partition coefficient (Wildman–Crippen LogP) is 4.78. The maximum Gasteiger partial charge on any atom is 0.175 e. The number of benzene rings is 2. The van der Waals surface area contributed by atoms with Gasteiger partial charge < -0.3 is 0 Å². The molecule has 1 aliphatic rings. The van der Waals surface area contributed by atoms with E-state index >= 15 is 0 Å². The van der Waals surface area contributed by atoms with Crippen molar-refractivity contribution >= 4 is 33.6 Å². The van der Waals surface area contributed by atoms with Crippen LogP contribution in [0.2, 0.25) is 0 Å². The number of hydrogen-bond acceptors (Lipinski definition) is 3. The number of hydrogen-bond donors (Lipinski definition) is 1. The normalized spacial score (nSPS) is 15.3. The van der Waals surface area contributed by atoms with E-state index in [1.54, 1.807) is 12.1 Å². The van der Waals surface area contributed by atoms with Crippen molar-refractivity contribution in [3.05, 3.63) is 59.2 Å². The van der Waals surface area contributed by atoms with Gasteiger partial charge in [-0.25, -0.2) is 8.42 Å². The minimum absolute atomic E-state index is 0.367. The first-order valence-electron chi connectivity index (χ1n) is 7.69. The van der Waals surface area contributed by atoms with E-state index in [9.17, 15) is 8.42 Å². The molecule has 0 amide bonds. The molecule has 4 heteroatoms. The number of aryl methyl sites for hydroxylation is 1. The lowest BCUT2D eigenvalue weighted by atomic mass is 9.96. The van der Waals surface area contributed by atoms with E-state index in [-0.39, 0.29) is 0 Å². The van der Waals surface area contributed by atoms with E-state index in [0.29, 0.717) is 4.90 Å². The highest BCUT2D eigenvalue weighted by molar-refractivity contribution is 7.90. The van der Waals surface area contributed by atoms with E-state index in [1.165, 1.54) is 28.5 Å². The van der Waals surface area contributed by atoms with E-state index < -0.39 is 9.84 Å². The Morgan fingerprint density at radius 1 is 0.957 bits per heavy atom. The van der Waals surface area contributed by atoms with E-state index in [4.69, 9.17) is 0 Å². The number of thiol groups is 1. The maximum atomic E-state index is 11.6. The summed E-state index contributed by atoms with van der Waals surface area (Å²) in [7, 11) is -3.15. The lowest BCUT2D eigenvalue weighted by Gasteiger charge is -2.12. The Morgan fingerprint density at radius 3 is 2.22 bits per heavy atom. The molecule has 2 aromatic rings. The van der Waals surface area contributed by atoms with Crippen LogP contribution in [0.5, 0.6) is 0 Å². The van der Waals surface area contributed by atoms with Gasteiger partial charge in [-0.2, -0.15) is 0 Å². The fourth-order valence-corrected chi connectivity index (χ4v) is 4.20. The molecule has 120 valence electrons. The van der Waals surface area contributed by atoms with Crippen LogP contribution in [0.1, 0.15) is 36.0 Å². The summed E-state index contributed by atoms with van der Waals surface area (Å²) in [6.07, 6.45) is 4.43. The van der Waals surface area contributed by atoms with Gasteiger partial charge in [0.15, 0.2) is 9.84 Å². The predicted molar refractivity (Wildman–Crippen MR) is 98.6 cm³/mol. The standard InChI is InChI=1S/C19H20O2S2/c1-13-6-11-18(19(22)12-13)17-5-3-4-16(17)14-7-9-15(10-8-14)23(2,20)21/h6-12,22H,3-5H2,1-2H3. The third kappa shape index (κ3) is 3.38. The van der Waals surface area contributed by atoms with Crippen LogP contribution in [0, 0.1) is 6.92 Å². The molecule has 0 aliphatic heterocycles. The Morgan fingerprint density at radius 2 is 1.61 bits per heavy atom. The second kappa shape index (κ2) is 6.17. The summed E-state index contributed by atoms with van der Waals surface area (Å²) in [5.74, 6) is 0. The highest BCUT2D eigenvalue weighted by Gasteiger charge is 2.19. The van der Waals surface area contributed by atoms with E-state index in [2.05, 4.69) is 37.8 Å². The summed E-state index contributed by atoms with van der Waals surface area (Å²) >= 11 is 4.64. The third-order valence-electron chi connectivity index (χ3n) is 4.33. The highest BCUT2D eigenvalue weighted by atomic mass is 32.2. The first kappa shape index (κ1) is 16.3. The molecule has 2 nitrogen and oxygen atoms in total. The van der Waals surface area contributed by atoms with Crippen LogP contribution in [-0.4, -0.2) is 14.7 Å². The molecule has 0 fully saturated rings. The maximum absolute atomic E-state index is 11.6. The monoisotopic (exact) mass is 344 g/mol. The average molecular weight is 345 g/mol. The number of rotatable bonds is 3. The molecule has 3 rings (SSSR count). The topological polar surface area (TPSA) is 34.1 Å². The molecule has 0 radical (unpaired) electrons. The molecule has 0 bridgehead atoms. The van der Waals surface area contributed by atoms with Gasteiger partial charge in [0, 0.05) is 11.2 Å². The molecular formula is C19H20O2S2. The van der Waals surface area contributed by atoms with Crippen molar-refractivity contribution in [2.45, 2.75) is 36.0 Å². The zero-order chi connectivity index (χ0) is 16.6. The molecule has 2 aromatic carbocycles. The van der Waals surface area contributed by atoms with Crippen molar-refractivity contribution in [1.29, 1.82) is 0 Å². The van der Waals surface area contributed by atoms with Gasteiger partial charge in [0.25, 0.3) is 0 Å². The van der Waals surface area contributed by atoms with Crippen LogP contribution in [-0.2, 0) is 9.84 Å². The van der Waals surface area contributed by atoms with Gasteiger partial charge in [-0.15, -0.1) is 12.6 Å². The Bertz CT molecular complexity index is 876. The lowest BCUT2D eigenvalue weighted by molar-refractivity contribution is 0.602. The molecular weight excluding hydrogens is 324 g/mol. The molecule has 0 atom stereocenters. The summed E-state index contributed by atoms with van der Waals surface area (Å²) in [6.45, 7) is 2.07. The van der Waals surface area contributed by atoms with Crippen molar-refractivity contribution in [2.75, 3.05) is 6.26 Å². The second-order valence-electron chi connectivity index (χ2n) is 6.13. The second-order valence-corrected chi connectivity index (χ2v) is 8.63. The van der Waals surface area contributed by atoms with E-state index in [0.717, 1.165) is 29.7 Å². The molecule has 0 spiro atoms. The summed E-state index contributed by atoms with van der Waals surface area (Å²) in [4.78, 5) is 1.37. The Hall–Kier alpha value is -1.52. The van der Waals surface area contributed by atoms with Gasteiger partial charge in [-0.05, 0) is 72.2 Å². The average Bonchev–Trinajstić information content (AvgIpc) is 2.95. The lowest BCUT2D eigenvalue weighted by Crippen LogP contribution is -1.97. The molecule has 1 aliphatic carbocycles. The Kier molecular flexibility index (Phi) is 4.39. The van der Waals surface area contributed by atoms with Crippen LogP contribution in [0.4, 0.5) is 0 Å². The zero-order valence-corrected chi connectivity index (χ0v) is 15.0. The number of allylic oxidation sites excluding steroid dienone is 2. The van der Waals surface area contributed by atoms with Crippen molar-refractivity contribution < 1.29 is 8.42 Å². The van der Waals surface area contributed by atoms with Gasteiger partial charge in [0.05, 0.1) is 4.90 Å². The first-order valence-corrected chi connectivity index (χ1v) is 10.0. The third-order valence-corrected chi connectivity index (χ3v) is 5.83. The van der Waals surface area contributed by atoms with Crippen LogP contribution in [0.25, 0.3) is 11.1 Å². The molecule has 0 saturated heterocycles. The minimum atomic E-state index is -3.15. The quantitative estimate of drug-likeness (QED) is 0.813. The highest BCUT2D eigenvalue weighted by Crippen LogP contribution is 2.41. The van der Waals surface area contributed by atoms with Crippen LogP contribution < -0.4 is 0 Å². The molecule has 0 aromatic heterocycles. The SMILES string of the molecule is Cc1ccc(C2=C(c3ccc(S(C)(=O)=O)cc3)CCC2)c(S)c1. The molecule has 0 saturated carbocycles. The Labute approximate surface area is 143 Å². The van der Waals surface area contributed by atoms with Gasteiger partial charge in [-0.1, -0.05) is 24.3 Å². The van der Waals surface area contributed by atoms with Crippen LogP contribution in [0.15, 0.2) is 52.3 Å². The van der Waals surface area contributed by atoms with Crippen LogP contribution in [0.3, 0.4) is 0 Å². The number of sulfone groups is 1. The van der Waals surface area contributed by atoms with Crippen molar-refractivity contribution in [3.63, 3.8) is 0 Å². The summed E-state index contributed by atoms with van der Waals surface area (Å²) in [6, 6.07) is 13.6. The molecule has 0 unspecified atom stereocenters. The fraction of sp³-hybridized carbons (Fsp3) is 0.263. The summed E-state index contributed by atoms with van der Waals surface area (Å²) in [5.41, 5.74) is 6.15. The van der Waals surface area contributed by atoms with Gasteiger partial charge in [0.1, 0.15) is 0 Å². The summed E-state index contributed by atoms with van der Waals surface area (Å²) < 4.78 is 23.2. The fourth-order valence-electron chi connectivity index (χ4n) is 3.16. The first-order chi connectivity index (χ1) is 10.9. The summed E-state index contributed by atoms with van der Waals surface area (Å²) in [5, 5.41) is 0. The van der Waals surface area contributed by atoms with Gasteiger partial charge in [-0.3, -0.25) is 0 Å². The molecule has 23 heavy (non-hydrogen) atoms. The minimum Gasteiger partial charge on any atom is -0.224 e. The largest absolute Gasteiger partial charge is 0.224 e. The van der Waals surface area contributed by atoms with Crippen molar-refractivity contribution in [2.24, 2.45) is 0 Å². The van der Waals surface area contributed by atoms with Gasteiger partial charge in [0.2, 0.25) is 0 Å². The zero-order valence-electron chi connectivity index (χ0n) is 13.3. The van der Waals surface area contributed by atoms with Gasteiger partial charge >= 0.3 is 0 Å². The molecule has 0 N–H and O–H groups in total. The smallest absolute Gasteiger partial charge is 0.175 e. The van der Waals surface area contributed by atoms with Crippen molar-refractivity contribution in [3.8, 4) is 0 Å². The Balaban J connectivity index is 2.06. The van der Waals surface area contributed by atoms with Crippen molar-refractivity contribution in [1.82, 2.24) is 0 Å². The molecule has 0 heterocycles.